The number of phosphoric acid groups is 2. The summed E-state index contributed by atoms with van der Waals surface area (Å²) in [5, 5.41) is 10.6. The Kier molecular flexibility index (Phi) is 69.3. The van der Waals surface area contributed by atoms with Crippen molar-refractivity contribution >= 4 is 39.5 Å². The molecule has 0 heterocycles. The zero-order valence-corrected chi connectivity index (χ0v) is 65.9. The molecule has 0 rings (SSSR count). The van der Waals surface area contributed by atoms with Crippen molar-refractivity contribution in [3.8, 4) is 0 Å². The van der Waals surface area contributed by atoms with Crippen LogP contribution in [-0.2, 0) is 65.4 Å². The Morgan fingerprint density at radius 1 is 0.296 bits per heavy atom. The molecule has 0 saturated heterocycles. The topological polar surface area (TPSA) is 237 Å². The fraction of sp³-hybridized carbons (Fsp3) is 0.949. The predicted molar refractivity (Wildman–Crippen MR) is 400 cm³/mol. The quantitative estimate of drug-likeness (QED) is 0.0222. The van der Waals surface area contributed by atoms with Crippen LogP contribution in [0.5, 0.6) is 0 Å². The van der Waals surface area contributed by atoms with Gasteiger partial charge in [-0.1, -0.05) is 363 Å². The number of hydrogen-bond donors (Lipinski definition) is 3. The van der Waals surface area contributed by atoms with Crippen molar-refractivity contribution in [1.82, 2.24) is 0 Å². The van der Waals surface area contributed by atoms with E-state index >= 15 is 0 Å². The van der Waals surface area contributed by atoms with Gasteiger partial charge in [0.1, 0.15) is 19.3 Å². The van der Waals surface area contributed by atoms with E-state index in [1.807, 2.05) is 0 Å². The molecule has 0 aromatic heterocycles. The predicted octanol–water partition coefficient (Wildman–Crippen LogP) is 23.5. The number of phosphoric ester groups is 2. The second kappa shape index (κ2) is 70.7. The van der Waals surface area contributed by atoms with Crippen LogP contribution in [0.15, 0.2) is 0 Å². The molecular formula is C79H154O17P2. The third-order valence-electron chi connectivity index (χ3n) is 18.8. The first kappa shape index (κ1) is 96.1. The summed E-state index contributed by atoms with van der Waals surface area (Å²) in [5.74, 6) is -0.501. The van der Waals surface area contributed by atoms with Gasteiger partial charge in [-0.25, -0.2) is 9.13 Å². The van der Waals surface area contributed by atoms with Crippen molar-refractivity contribution in [2.75, 3.05) is 39.6 Å². The number of carbonyl (C=O) groups excluding carboxylic acids is 4. The Morgan fingerprint density at radius 2 is 0.520 bits per heavy atom. The Hall–Kier alpha value is -1.94. The summed E-state index contributed by atoms with van der Waals surface area (Å²) in [5.41, 5.74) is 0. The first-order valence-electron chi connectivity index (χ1n) is 41.0. The summed E-state index contributed by atoms with van der Waals surface area (Å²) in [6, 6.07) is 0. The Bertz CT molecular complexity index is 1890. The van der Waals surface area contributed by atoms with Crippen molar-refractivity contribution in [3.63, 3.8) is 0 Å². The van der Waals surface area contributed by atoms with Gasteiger partial charge < -0.3 is 33.8 Å². The zero-order chi connectivity index (χ0) is 72.1. The van der Waals surface area contributed by atoms with Gasteiger partial charge in [-0.2, -0.15) is 0 Å². The Morgan fingerprint density at radius 3 is 0.776 bits per heavy atom. The first-order chi connectivity index (χ1) is 47.4. The summed E-state index contributed by atoms with van der Waals surface area (Å²) < 4.78 is 68.6. The van der Waals surface area contributed by atoms with Crippen molar-refractivity contribution in [2.45, 2.75) is 432 Å². The molecule has 19 heteroatoms. The van der Waals surface area contributed by atoms with Crippen molar-refractivity contribution < 1.29 is 80.2 Å². The number of aliphatic hydroxyl groups is 1. The molecule has 0 aliphatic rings. The molecule has 3 N–H and O–H groups in total. The number of unbranched alkanes of at least 4 members (excludes halogenated alkanes) is 47. The SMILES string of the molecule is CCCCCCCCCCCCCCCCCCCC(=O)OC[C@H](COP(=O)(O)OC[C@@H](O)COP(=O)(O)OC[C@@H](COC(=O)CCCCCCCCCC)OC(=O)CCCCCCCCCCCCC(C)CC)OC(=O)CCCCCCCCCCCCCCCCCCC(C)C. The summed E-state index contributed by atoms with van der Waals surface area (Å²) in [4.78, 5) is 72.9. The normalized spacial score (nSPS) is 14.2. The van der Waals surface area contributed by atoms with Crippen molar-refractivity contribution in [3.05, 3.63) is 0 Å². The van der Waals surface area contributed by atoms with Crippen LogP contribution in [0.1, 0.15) is 414 Å². The molecule has 0 bridgehead atoms. The Labute approximate surface area is 600 Å². The largest absolute Gasteiger partial charge is 0.472 e. The number of esters is 4. The van der Waals surface area contributed by atoms with E-state index in [9.17, 15) is 43.2 Å². The summed E-state index contributed by atoms with van der Waals surface area (Å²) in [7, 11) is -9.91. The molecule has 0 aromatic carbocycles. The van der Waals surface area contributed by atoms with Crippen LogP contribution in [0.3, 0.4) is 0 Å². The maximum absolute atomic E-state index is 13.1. The molecule has 0 aliphatic heterocycles. The fourth-order valence-electron chi connectivity index (χ4n) is 12.2. The number of ether oxygens (including phenoxy) is 4. The minimum absolute atomic E-state index is 0.106. The Balaban J connectivity index is 5.21. The highest BCUT2D eigenvalue weighted by Crippen LogP contribution is 2.45. The van der Waals surface area contributed by atoms with Crippen LogP contribution in [-0.4, -0.2) is 96.7 Å². The van der Waals surface area contributed by atoms with Gasteiger partial charge in [-0.15, -0.1) is 0 Å². The van der Waals surface area contributed by atoms with Crippen LogP contribution in [0.25, 0.3) is 0 Å². The molecule has 0 radical (unpaired) electrons. The van der Waals surface area contributed by atoms with Gasteiger partial charge in [0.25, 0.3) is 0 Å². The monoisotopic (exact) mass is 1440 g/mol. The molecule has 17 nitrogen and oxygen atoms in total. The lowest BCUT2D eigenvalue weighted by Gasteiger charge is -2.21. The van der Waals surface area contributed by atoms with Gasteiger partial charge >= 0.3 is 39.5 Å². The molecule has 0 aromatic rings. The molecular weight excluding hydrogens is 1280 g/mol. The summed E-state index contributed by atoms with van der Waals surface area (Å²) in [6.45, 7) is 9.65. The second-order valence-corrected chi connectivity index (χ2v) is 32.1. The van der Waals surface area contributed by atoms with E-state index in [4.69, 9.17) is 37.0 Å². The second-order valence-electron chi connectivity index (χ2n) is 29.2. The maximum Gasteiger partial charge on any atom is 0.472 e. The lowest BCUT2D eigenvalue weighted by atomic mass is 9.99. The lowest BCUT2D eigenvalue weighted by molar-refractivity contribution is -0.161. The molecule has 0 aliphatic carbocycles. The fourth-order valence-corrected chi connectivity index (χ4v) is 13.7. The van der Waals surface area contributed by atoms with Crippen LogP contribution in [0.2, 0.25) is 0 Å². The average Bonchev–Trinajstić information content (AvgIpc) is 0.981. The van der Waals surface area contributed by atoms with Crippen LogP contribution >= 0.6 is 15.6 Å². The number of rotatable bonds is 78. The standard InChI is InChI=1S/C79H154O17P2/c1-7-10-12-14-16-18-19-20-21-22-26-29-32-38-44-50-56-62-77(82)90-68-75(96-78(83)63-57-51-45-39-33-30-27-24-23-25-28-31-36-41-47-53-59-71(4)5)70-94-98(87,88)92-66-73(80)65-91-97(85,86)93-69-74(67-89-76(81)61-55-49-43-17-15-13-11-8-2)95-79(84)64-58-52-46-40-35-34-37-42-48-54-60-72(6)9-3/h71-75,80H,7-70H2,1-6H3,(H,85,86)(H,87,88)/t72?,73-,74+,75+/m0/s1. The molecule has 0 saturated carbocycles. The molecule has 98 heavy (non-hydrogen) atoms. The molecule has 6 atom stereocenters. The van der Waals surface area contributed by atoms with Crippen molar-refractivity contribution in [2.24, 2.45) is 11.8 Å². The van der Waals surface area contributed by atoms with Gasteiger partial charge in [0.05, 0.1) is 26.4 Å². The number of carbonyl (C=O) groups is 4. The third-order valence-corrected chi connectivity index (χ3v) is 20.7. The van der Waals surface area contributed by atoms with E-state index in [-0.39, 0.29) is 25.7 Å². The van der Waals surface area contributed by atoms with E-state index in [2.05, 4.69) is 41.5 Å². The van der Waals surface area contributed by atoms with E-state index in [1.54, 1.807) is 0 Å². The smallest absolute Gasteiger partial charge is 0.462 e. The van der Waals surface area contributed by atoms with E-state index in [1.165, 1.54) is 225 Å². The van der Waals surface area contributed by atoms with Crippen molar-refractivity contribution in [1.29, 1.82) is 0 Å². The van der Waals surface area contributed by atoms with Crippen LogP contribution in [0.4, 0.5) is 0 Å². The highest BCUT2D eigenvalue weighted by molar-refractivity contribution is 7.47. The first-order valence-corrected chi connectivity index (χ1v) is 44.0. The molecule has 3 unspecified atom stereocenters. The highest BCUT2D eigenvalue weighted by atomic mass is 31.2. The summed E-state index contributed by atoms with van der Waals surface area (Å²) in [6.07, 6.45) is 59.6. The molecule has 0 amide bonds. The summed E-state index contributed by atoms with van der Waals surface area (Å²) >= 11 is 0. The van der Waals surface area contributed by atoms with Gasteiger partial charge in [0.15, 0.2) is 12.2 Å². The highest BCUT2D eigenvalue weighted by Gasteiger charge is 2.30. The average molecular weight is 1440 g/mol. The third kappa shape index (κ3) is 71.1. The van der Waals surface area contributed by atoms with Crippen LogP contribution < -0.4 is 0 Å². The van der Waals surface area contributed by atoms with E-state index < -0.39 is 97.5 Å². The molecule has 582 valence electrons. The zero-order valence-electron chi connectivity index (χ0n) is 64.1. The van der Waals surface area contributed by atoms with Crippen LogP contribution in [0, 0.1) is 11.8 Å². The van der Waals surface area contributed by atoms with Gasteiger partial charge in [0.2, 0.25) is 0 Å². The van der Waals surface area contributed by atoms with Gasteiger partial charge in [-0.3, -0.25) is 37.3 Å². The van der Waals surface area contributed by atoms with E-state index in [0.717, 1.165) is 108 Å². The molecule has 0 fully saturated rings. The molecule has 0 spiro atoms. The lowest BCUT2D eigenvalue weighted by Crippen LogP contribution is -2.30. The maximum atomic E-state index is 13.1. The minimum Gasteiger partial charge on any atom is -0.462 e. The number of aliphatic hydroxyl groups excluding tert-OH is 1. The van der Waals surface area contributed by atoms with E-state index in [0.29, 0.717) is 25.7 Å². The van der Waals surface area contributed by atoms with Gasteiger partial charge in [0, 0.05) is 25.7 Å². The van der Waals surface area contributed by atoms with Gasteiger partial charge in [-0.05, 0) is 37.5 Å². The minimum atomic E-state index is -4.96. The number of hydrogen-bond acceptors (Lipinski definition) is 15.